The van der Waals surface area contributed by atoms with E-state index in [0.29, 0.717) is 69.2 Å². The quantitative estimate of drug-likeness (QED) is 0.315. The lowest BCUT2D eigenvalue weighted by Gasteiger charge is -2.36. The predicted octanol–water partition coefficient (Wildman–Crippen LogP) is 6.83. The van der Waals surface area contributed by atoms with Crippen LogP contribution in [0.25, 0.3) is 0 Å². The van der Waals surface area contributed by atoms with Gasteiger partial charge in [0, 0.05) is 56.8 Å². The molecule has 3 aliphatic rings. The molecule has 276 valence electrons. The highest BCUT2D eigenvalue weighted by Crippen LogP contribution is 2.37. The molecule has 3 aliphatic heterocycles. The molecule has 0 N–H and O–H groups in total. The number of carbonyl (C=O) groups is 2. The fourth-order valence-corrected chi connectivity index (χ4v) is 5.89. The number of carbonyl (C=O) groups excluding carboxylic acids is 2. The number of rotatable bonds is 3. The number of anilines is 2. The average molecular weight is 766 g/mol. The predicted molar refractivity (Wildman–Crippen MR) is 196 cm³/mol. The van der Waals surface area contributed by atoms with Crippen molar-refractivity contribution in [3.05, 3.63) is 52.5 Å². The van der Waals surface area contributed by atoms with E-state index in [4.69, 9.17) is 18.8 Å². The molecule has 0 atom stereocenters. The van der Waals surface area contributed by atoms with Gasteiger partial charge in [-0.15, -0.1) is 0 Å². The van der Waals surface area contributed by atoms with E-state index in [2.05, 4.69) is 15.9 Å². The first-order valence-electron chi connectivity index (χ1n) is 17.1. The molecule has 3 saturated heterocycles. The minimum Gasteiger partial charge on any atom is -0.444 e. The Morgan fingerprint density at radius 1 is 0.680 bits per heavy atom. The zero-order valence-corrected chi connectivity index (χ0v) is 32.7. The zero-order chi connectivity index (χ0) is 37.2. The molecule has 2 aromatic rings. The van der Waals surface area contributed by atoms with Crippen molar-refractivity contribution < 1.29 is 37.2 Å². The number of piperazine rings is 2. The van der Waals surface area contributed by atoms with Crippen LogP contribution in [-0.2, 0) is 18.8 Å². The van der Waals surface area contributed by atoms with Gasteiger partial charge in [-0.05, 0) is 105 Å². The molecule has 2 aromatic carbocycles. The summed E-state index contributed by atoms with van der Waals surface area (Å²) in [4.78, 5) is 31.4. The lowest BCUT2D eigenvalue weighted by Crippen LogP contribution is -2.50. The van der Waals surface area contributed by atoms with Crippen LogP contribution in [0.15, 0.2) is 40.9 Å². The van der Waals surface area contributed by atoms with Crippen LogP contribution >= 0.6 is 15.9 Å². The van der Waals surface area contributed by atoms with Crippen LogP contribution in [0.1, 0.15) is 69.2 Å². The van der Waals surface area contributed by atoms with Gasteiger partial charge in [-0.25, -0.2) is 18.4 Å². The number of benzene rings is 2. The highest BCUT2D eigenvalue weighted by atomic mass is 79.9. The van der Waals surface area contributed by atoms with Crippen LogP contribution in [0.4, 0.5) is 29.7 Å². The van der Waals surface area contributed by atoms with E-state index in [1.807, 2.05) is 91.2 Å². The Morgan fingerprint density at radius 2 is 1.06 bits per heavy atom. The molecule has 0 bridgehead atoms. The Hall–Kier alpha value is -3.10. The summed E-state index contributed by atoms with van der Waals surface area (Å²) in [7, 11) is -0.590. The Balaban J connectivity index is 0.000000237. The minimum atomic E-state index is -0.590. The van der Waals surface area contributed by atoms with Crippen LogP contribution in [0.5, 0.6) is 0 Å². The molecule has 3 heterocycles. The molecule has 0 aliphatic carbocycles. The molecule has 10 nitrogen and oxygen atoms in total. The maximum Gasteiger partial charge on any atom is 0.494 e. The highest BCUT2D eigenvalue weighted by molar-refractivity contribution is 9.10. The van der Waals surface area contributed by atoms with E-state index in [0.717, 1.165) is 4.47 Å². The molecule has 0 aromatic heterocycles. The monoisotopic (exact) mass is 764 g/mol. The number of halogens is 3. The Morgan fingerprint density at radius 3 is 1.42 bits per heavy atom. The van der Waals surface area contributed by atoms with E-state index in [9.17, 15) is 18.4 Å². The second-order valence-corrected chi connectivity index (χ2v) is 16.7. The second-order valence-electron chi connectivity index (χ2n) is 15.8. The lowest BCUT2D eigenvalue weighted by atomic mass is 9.79. The van der Waals surface area contributed by atoms with Gasteiger partial charge < -0.3 is 38.4 Å². The third kappa shape index (κ3) is 10.2. The minimum absolute atomic E-state index is 0.255. The maximum absolute atomic E-state index is 14.9. The summed E-state index contributed by atoms with van der Waals surface area (Å²) in [6.07, 6.45) is -0.632. The van der Waals surface area contributed by atoms with Crippen LogP contribution in [0.3, 0.4) is 0 Å². The van der Waals surface area contributed by atoms with Crippen molar-refractivity contribution in [1.29, 1.82) is 0 Å². The normalized spacial score (nSPS) is 19.2. The topological polar surface area (TPSA) is 84.0 Å². The third-order valence-electron chi connectivity index (χ3n) is 8.95. The van der Waals surface area contributed by atoms with Crippen molar-refractivity contribution >= 4 is 52.1 Å². The smallest absolute Gasteiger partial charge is 0.444 e. The van der Waals surface area contributed by atoms with Crippen molar-refractivity contribution in [3.8, 4) is 0 Å². The van der Waals surface area contributed by atoms with E-state index in [-0.39, 0.29) is 23.8 Å². The first kappa shape index (κ1) is 39.7. The molecule has 0 saturated carbocycles. The zero-order valence-electron chi connectivity index (χ0n) is 31.1. The molecular formula is C36H52BBrF2N4O6. The van der Waals surface area contributed by atoms with Crippen molar-refractivity contribution in [3.63, 3.8) is 0 Å². The average Bonchev–Trinajstić information content (AvgIpc) is 3.22. The van der Waals surface area contributed by atoms with Crippen molar-refractivity contribution in [2.75, 3.05) is 62.2 Å². The summed E-state index contributed by atoms with van der Waals surface area (Å²) >= 11 is 3.25. The summed E-state index contributed by atoms with van der Waals surface area (Å²) in [6.45, 7) is 23.3. The number of hydrogen-bond acceptors (Lipinski definition) is 8. The van der Waals surface area contributed by atoms with E-state index in [1.165, 1.54) is 12.1 Å². The first-order chi connectivity index (χ1) is 23.0. The molecule has 0 unspecified atom stereocenters. The lowest BCUT2D eigenvalue weighted by molar-refractivity contribution is 0.00578. The SMILES string of the molecule is CC(C)(C)OC(=O)N1CCN(c2ccc(B3OC(C)(C)C(C)(C)O3)cc2F)CC1.CC(C)(C)OC(=O)N1CCN(c2ccc(Br)cc2F)CC1. The number of hydrogen-bond donors (Lipinski definition) is 0. The van der Waals surface area contributed by atoms with Crippen LogP contribution in [0.2, 0.25) is 0 Å². The van der Waals surface area contributed by atoms with E-state index >= 15 is 0 Å². The molecule has 0 spiro atoms. The summed E-state index contributed by atoms with van der Waals surface area (Å²) in [5, 5.41) is 0. The van der Waals surface area contributed by atoms with Gasteiger partial charge >= 0.3 is 19.3 Å². The van der Waals surface area contributed by atoms with Crippen LogP contribution in [-0.4, -0.2) is 104 Å². The molecular weight excluding hydrogens is 713 g/mol. The van der Waals surface area contributed by atoms with Gasteiger partial charge in [-0.2, -0.15) is 0 Å². The van der Waals surface area contributed by atoms with Crippen molar-refractivity contribution in [2.45, 2.75) is 91.6 Å². The fourth-order valence-electron chi connectivity index (χ4n) is 5.56. The van der Waals surface area contributed by atoms with Gasteiger partial charge in [0.05, 0.1) is 22.6 Å². The molecule has 50 heavy (non-hydrogen) atoms. The molecule has 14 heteroatoms. The third-order valence-corrected chi connectivity index (χ3v) is 9.44. The first-order valence-corrected chi connectivity index (χ1v) is 17.9. The summed E-state index contributed by atoms with van der Waals surface area (Å²) in [5.41, 5.74) is -0.195. The Labute approximate surface area is 304 Å². The van der Waals surface area contributed by atoms with Gasteiger partial charge in [-0.1, -0.05) is 22.0 Å². The van der Waals surface area contributed by atoms with Gasteiger partial charge in [0.15, 0.2) is 0 Å². The van der Waals surface area contributed by atoms with E-state index < -0.39 is 29.5 Å². The number of amides is 2. The fraction of sp³-hybridized carbons (Fsp3) is 0.611. The molecule has 0 radical (unpaired) electrons. The maximum atomic E-state index is 14.9. The van der Waals surface area contributed by atoms with Gasteiger partial charge in [0.25, 0.3) is 0 Å². The van der Waals surface area contributed by atoms with Gasteiger partial charge in [0.1, 0.15) is 22.8 Å². The standard InChI is InChI=1S/C21H32BFN2O4.C15H20BrFN2O2/c1-19(2,3)27-18(26)25-12-10-24(11-13-25)17-9-8-15(14-16(17)23)22-28-20(4,5)21(6,7)29-22;1-15(2,3)21-14(20)19-8-6-18(7-9-19)13-5-4-11(16)10-12(13)17/h8-9,14H,10-13H2,1-7H3;4-5,10H,6-9H2,1-3H3. The highest BCUT2D eigenvalue weighted by Gasteiger charge is 2.51. The second kappa shape index (κ2) is 15.3. The molecule has 5 rings (SSSR count). The number of ether oxygens (including phenoxy) is 2. The van der Waals surface area contributed by atoms with Crippen LogP contribution in [0, 0.1) is 11.6 Å². The van der Waals surface area contributed by atoms with E-state index in [1.54, 1.807) is 21.9 Å². The van der Waals surface area contributed by atoms with Crippen molar-refractivity contribution in [2.24, 2.45) is 0 Å². The Kier molecular flexibility index (Phi) is 12.1. The van der Waals surface area contributed by atoms with Crippen molar-refractivity contribution in [1.82, 2.24) is 9.80 Å². The molecule has 2 amide bonds. The largest absolute Gasteiger partial charge is 0.494 e. The summed E-state index contributed by atoms with van der Waals surface area (Å²) in [6, 6.07) is 10.1. The summed E-state index contributed by atoms with van der Waals surface area (Å²) < 4.78 is 52.3. The summed E-state index contributed by atoms with van der Waals surface area (Å²) in [5.74, 6) is -0.571. The van der Waals surface area contributed by atoms with Gasteiger partial charge in [0.2, 0.25) is 0 Å². The van der Waals surface area contributed by atoms with Crippen LogP contribution < -0.4 is 15.3 Å². The molecule has 3 fully saturated rings. The number of nitrogens with zero attached hydrogens (tertiary/aromatic N) is 4. The Bertz CT molecular complexity index is 1500. The van der Waals surface area contributed by atoms with Gasteiger partial charge in [-0.3, -0.25) is 0 Å².